The van der Waals surface area contributed by atoms with E-state index in [2.05, 4.69) is 4.18 Å². The lowest BCUT2D eigenvalue weighted by Gasteiger charge is -2.21. The van der Waals surface area contributed by atoms with E-state index >= 15 is 0 Å². The maximum atomic E-state index is 12.8. The molecule has 0 heterocycles. The Balaban J connectivity index is 2.45. The first kappa shape index (κ1) is 20.9. The monoisotopic (exact) mass is 421 g/mol. The Bertz CT molecular complexity index is 990. The zero-order chi connectivity index (χ0) is 20.4. The SMILES string of the molecule is Cc1ccccc1N(C)S(=O)c1cc(OS(=O)(=O)C(F)(F)F)ccc1C=O. The number of aryl methyl sites for hydroxylation is 1. The van der Waals surface area contributed by atoms with Crippen molar-refractivity contribution < 1.29 is 34.8 Å². The summed E-state index contributed by atoms with van der Waals surface area (Å²) >= 11 is 0. The molecule has 0 fully saturated rings. The van der Waals surface area contributed by atoms with E-state index in [1.807, 2.05) is 0 Å². The van der Waals surface area contributed by atoms with Crippen molar-refractivity contribution >= 4 is 33.1 Å². The number of carbonyl (C=O) groups excluding carboxylic acids is 1. The fourth-order valence-corrected chi connectivity index (χ4v) is 3.81. The van der Waals surface area contributed by atoms with Crippen molar-refractivity contribution in [2.24, 2.45) is 0 Å². The Hall–Kier alpha value is -2.40. The van der Waals surface area contributed by atoms with E-state index in [1.165, 1.54) is 11.4 Å². The van der Waals surface area contributed by atoms with Crippen molar-refractivity contribution in [3.8, 4) is 5.75 Å². The predicted octanol–water partition coefficient (Wildman–Crippen LogP) is 3.19. The summed E-state index contributed by atoms with van der Waals surface area (Å²) in [5.74, 6) is -0.709. The molecular weight excluding hydrogens is 407 g/mol. The lowest BCUT2D eigenvalue weighted by Crippen LogP contribution is -2.28. The Kier molecular flexibility index (Phi) is 5.95. The molecule has 2 rings (SSSR count). The molecule has 0 spiro atoms. The summed E-state index contributed by atoms with van der Waals surface area (Å²) in [4.78, 5) is 11.0. The first-order valence-electron chi connectivity index (χ1n) is 7.29. The zero-order valence-electron chi connectivity index (χ0n) is 14.1. The van der Waals surface area contributed by atoms with Gasteiger partial charge in [0.2, 0.25) is 0 Å². The van der Waals surface area contributed by atoms with E-state index in [-0.39, 0.29) is 10.5 Å². The molecule has 27 heavy (non-hydrogen) atoms. The van der Waals surface area contributed by atoms with Crippen LogP contribution in [0.2, 0.25) is 0 Å². The quantitative estimate of drug-likeness (QED) is 0.407. The van der Waals surface area contributed by atoms with E-state index in [4.69, 9.17) is 0 Å². The van der Waals surface area contributed by atoms with E-state index < -0.39 is 32.4 Å². The fourth-order valence-electron chi connectivity index (χ4n) is 2.14. The molecule has 6 nitrogen and oxygen atoms in total. The van der Waals surface area contributed by atoms with Gasteiger partial charge in [-0.2, -0.15) is 21.6 Å². The largest absolute Gasteiger partial charge is 0.534 e. The van der Waals surface area contributed by atoms with Crippen LogP contribution >= 0.6 is 0 Å². The Morgan fingerprint density at radius 3 is 2.33 bits per heavy atom. The number of alkyl halides is 3. The molecule has 0 aliphatic carbocycles. The van der Waals surface area contributed by atoms with Gasteiger partial charge in [0.25, 0.3) is 0 Å². The number of rotatable bonds is 6. The Morgan fingerprint density at radius 2 is 1.78 bits per heavy atom. The summed E-state index contributed by atoms with van der Waals surface area (Å²) in [6.45, 7) is 1.76. The Labute approximate surface area is 156 Å². The molecule has 0 aliphatic rings. The van der Waals surface area contributed by atoms with Gasteiger partial charge < -0.3 is 4.18 Å². The predicted molar refractivity (Wildman–Crippen MR) is 93.4 cm³/mol. The van der Waals surface area contributed by atoms with Gasteiger partial charge >= 0.3 is 15.6 Å². The van der Waals surface area contributed by atoms with Crippen LogP contribution in [0.1, 0.15) is 15.9 Å². The highest BCUT2D eigenvalue weighted by Crippen LogP contribution is 2.30. The second-order valence-corrected chi connectivity index (χ2v) is 8.36. The van der Waals surface area contributed by atoms with Gasteiger partial charge in [-0.3, -0.25) is 9.10 Å². The highest BCUT2D eigenvalue weighted by Gasteiger charge is 2.48. The van der Waals surface area contributed by atoms with Crippen LogP contribution in [-0.2, 0) is 21.1 Å². The highest BCUT2D eigenvalue weighted by molar-refractivity contribution is 7.88. The van der Waals surface area contributed by atoms with Crippen LogP contribution in [0.4, 0.5) is 18.9 Å². The molecule has 0 saturated carbocycles. The van der Waals surface area contributed by atoms with Crippen LogP contribution in [-0.4, -0.2) is 31.5 Å². The molecule has 0 aliphatic heterocycles. The number of para-hydroxylation sites is 1. The van der Waals surface area contributed by atoms with Crippen LogP contribution < -0.4 is 8.49 Å². The van der Waals surface area contributed by atoms with Crippen LogP contribution in [0.3, 0.4) is 0 Å². The maximum Gasteiger partial charge on any atom is 0.534 e. The molecule has 0 aromatic heterocycles. The molecule has 1 atom stereocenters. The van der Waals surface area contributed by atoms with Crippen molar-refractivity contribution in [3.63, 3.8) is 0 Å². The fraction of sp³-hybridized carbons (Fsp3) is 0.188. The third-order valence-corrected chi connectivity index (χ3v) is 5.90. The number of halogens is 3. The molecule has 0 bridgehead atoms. The minimum Gasteiger partial charge on any atom is -0.376 e. The minimum atomic E-state index is -5.89. The summed E-state index contributed by atoms with van der Waals surface area (Å²) in [5.41, 5.74) is -4.37. The number of benzene rings is 2. The van der Waals surface area contributed by atoms with Gasteiger partial charge in [0, 0.05) is 18.7 Å². The lowest BCUT2D eigenvalue weighted by atomic mass is 10.2. The number of hydrogen-bond acceptors (Lipinski definition) is 5. The topological polar surface area (TPSA) is 80.8 Å². The summed E-state index contributed by atoms with van der Waals surface area (Å²) in [6, 6.07) is 9.64. The molecule has 0 N–H and O–H groups in total. The number of carbonyl (C=O) groups is 1. The van der Waals surface area contributed by atoms with Crippen molar-refractivity contribution in [2.75, 3.05) is 11.4 Å². The van der Waals surface area contributed by atoms with Crippen molar-refractivity contribution in [1.82, 2.24) is 0 Å². The highest BCUT2D eigenvalue weighted by atomic mass is 32.2. The molecule has 0 radical (unpaired) electrons. The van der Waals surface area contributed by atoms with Crippen molar-refractivity contribution in [2.45, 2.75) is 17.3 Å². The second-order valence-electron chi connectivity index (χ2n) is 5.33. The third kappa shape index (κ3) is 4.48. The van der Waals surface area contributed by atoms with E-state index in [0.717, 1.165) is 23.8 Å². The van der Waals surface area contributed by atoms with Gasteiger partial charge in [-0.25, -0.2) is 4.21 Å². The zero-order valence-corrected chi connectivity index (χ0v) is 15.7. The molecule has 11 heteroatoms. The average Bonchev–Trinajstić information content (AvgIpc) is 2.59. The van der Waals surface area contributed by atoms with Crippen LogP contribution in [0, 0.1) is 6.92 Å². The smallest absolute Gasteiger partial charge is 0.376 e. The molecule has 2 aromatic rings. The summed E-state index contributed by atoms with van der Waals surface area (Å²) < 4.78 is 77.9. The first-order chi connectivity index (χ1) is 12.5. The van der Waals surface area contributed by atoms with Gasteiger partial charge in [0.1, 0.15) is 5.75 Å². The normalized spacial score (nSPS) is 13.1. The second kappa shape index (κ2) is 7.69. The standard InChI is InChI=1S/C16H14F3NO5S2/c1-11-5-3-4-6-14(11)20(2)26(22)15-9-13(8-7-12(15)10-21)25-27(23,24)16(17,18)19/h3-10H,1-2H3. The molecule has 0 amide bonds. The van der Waals surface area contributed by atoms with Crippen molar-refractivity contribution in [3.05, 3.63) is 53.6 Å². The van der Waals surface area contributed by atoms with Gasteiger partial charge in [-0.15, -0.1) is 0 Å². The van der Waals surface area contributed by atoms with Crippen molar-refractivity contribution in [1.29, 1.82) is 0 Å². The number of anilines is 1. The van der Waals surface area contributed by atoms with Gasteiger partial charge in [0.15, 0.2) is 17.3 Å². The summed E-state index contributed by atoms with van der Waals surface area (Å²) in [7, 11) is -6.44. The van der Waals surface area contributed by atoms with Gasteiger partial charge in [-0.1, -0.05) is 18.2 Å². The van der Waals surface area contributed by atoms with E-state index in [9.17, 15) is 30.6 Å². The van der Waals surface area contributed by atoms with Gasteiger partial charge in [0.05, 0.1) is 10.6 Å². The van der Waals surface area contributed by atoms with E-state index in [1.54, 1.807) is 31.2 Å². The number of nitrogens with zero attached hydrogens (tertiary/aromatic N) is 1. The molecule has 146 valence electrons. The molecular formula is C16H14F3NO5S2. The average molecular weight is 421 g/mol. The third-order valence-electron chi connectivity index (χ3n) is 3.49. The van der Waals surface area contributed by atoms with Crippen LogP contribution in [0.15, 0.2) is 47.4 Å². The summed E-state index contributed by atoms with van der Waals surface area (Å²) in [5, 5.41) is 0. The summed E-state index contributed by atoms with van der Waals surface area (Å²) in [6.07, 6.45) is 0.362. The minimum absolute atomic E-state index is 0.0782. The maximum absolute atomic E-state index is 12.8. The molecule has 1 unspecified atom stereocenters. The van der Waals surface area contributed by atoms with Crippen LogP contribution in [0.5, 0.6) is 5.75 Å². The lowest BCUT2D eigenvalue weighted by molar-refractivity contribution is -0.0500. The van der Waals surface area contributed by atoms with Crippen LogP contribution in [0.25, 0.3) is 0 Å². The number of aldehydes is 1. The first-order valence-corrected chi connectivity index (χ1v) is 9.80. The number of hydrogen-bond donors (Lipinski definition) is 0. The van der Waals surface area contributed by atoms with Gasteiger partial charge in [-0.05, 0) is 30.7 Å². The molecule has 2 aromatic carbocycles. The molecule has 0 saturated heterocycles. The van der Waals surface area contributed by atoms with E-state index in [0.29, 0.717) is 12.0 Å². The Morgan fingerprint density at radius 1 is 1.15 bits per heavy atom.